The van der Waals surface area contributed by atoms with Crippen LogP contribution in [0.3, 0.4) is 0 Å². The molecule has 0 aliphatic rings. The Balaban J connectivity index is 1.55. The molecule has 0 spiro atoms. The molecular formula is C30H25N3OS. The van der Waals surface area contributed by atoms with Gasteiger partial charge in [0.05, 0.1) is 5.69 Å². The molecule has 0 bridgehead atoms. The van der Waals surface area contributed by atoms with Gasteiger partial charge in [0, 0.05) is 29.1 Å². The first-order valence-corrected chi connectivity index (χ1v) is 12.1. The van der Waals surface area contributed by atoms with Crippen LogP contribution in [-0.4, -0.2) is 10.8 Å². The van der Waals surface area contributed by atoms with Gasteiger partial charge in [-0.25, -0.2) is 0 Å². The van der Waals surface area contributed by atoms with Crippen LogP contribution in [0.1, 0.15) is 11.1 Å². The van der Waals surface area contributed by atoms with Gasteiger partial charge in [-0.05, 0) is 35.4 Å². The summed E-state index contributed by atoms with van der Waals surface area (Å²) in [5.41, 5.74) is 2.92. The average Bonchev–Trinajstić information content (AvgIpc) is 2.90. The molecule has 4 rings (SSSR count). The van der Waals surface area contributed by atoms with Crippen LogP contribution in [0.5, 0.6) is 0 Å². The van der Waals surface area contributed by atoms with Crippen molar-refractivity contribution in [1.82, 2.24) is 4.90 Å². The zero-order valence-electron chi connectivity index (χ0n) is 19.2. The molecule has 0 radical (unpaired) electrons. The highest BCUT2D eigenvalue weighted by atomic mass is 32.2. The number of anilines is 1. The fraction of sp³-hybridized carbons (Fsp3) is 0.0667. The van der Waals surface area contributed by atoms with Crippen molar-refractivity contribution in [3.05, 3.63) is 138 Å². The van der Waals surface area contributed by atoms with E-state index in [1.807, 2.05) is 120 Å². The van der Waals surface area contributed by atoms with Gasteiger partial charge < -0.3 is 10.2 Å². The summed E-state index contributed by atoms with van der Waals surface area (Å²) in [7, 11) is 0. The third-order valence-corrected chi connectivity index (χ3v) is 6.32. The van der Waals surface area contributed by atoms with Crippen molar-refractivity contribution in [2.24, 2.45) is 0 Å². The summed E-state index contributed by atoms with van der Waals surface area (Å²) in [6.45, 7) is 1.16. The van der Waals surface area contributed by atoms with Gasteiger partial charge in [-0.2, -0.15) is 5.26 Å². The van der Waals surface area contributed by atoms with E-state index in [4.69, 9.17) is 0 Å². The van der Waals surface area contributed by atoms with Crippen molar-refractivity contribution < 1.29 is 4.79 Å². The highest BCUT2D eigenvalue weighted by Gasteiger charge is 2.15. The van der Waals surface area contributed by atoms with Crippen molar-refractivity contribution >= 4 is 23.4 Å². The van der Waals surface area contributed by atoms with E-state index in [0.717, 1.165) is 20.9 Å². The zero-order valence-corrected chi connectivity index (χ0v) is 20.0. The summed E-state index contributed by atoms with van der Waals surface area (Å²) in [6, 6.07) is 39.7. The second-order valence-electron chi connectivity index (χ2n) is 7.90. The van der Waals surface area contributed by atoms with Gasteiger partial charge in [-0.3, -0.25) is 4.79 Å². The standard InChI is InChI=1S/C30H25N3OS/c31-20-26(23-33(21-24-12-4-1-5-13-24)22-25-14-6-2-7-15-25)30(34)32-28-18-10-11-19-29(28)35-27-16-8-3-9-17-27/h1-19,23H,21-22H2,(H,32,34)/b26-23-. The molecule has 0 fully saturated rings. The van der Waals surface area contributed by atoms with Crippen LogP contribution >= 0.6 is 11.8 Å². The number of nitrogens with one attached hydrogen (secondary N) is 1. The summed E-state index contributed by atoms with van der Waals surface area (Å²) < 4.78 is 0. The molecule has 4 nitrogen and oxygen atoms in total. The van der Waals surface area contributed by atoms with E-state index >= 15 is 0 Å². The Bertz CT molecular complexity index is 1270. The van der Waals surface area contributed by atoms with Crippen molar-refractivity contribution in [2.45, 2.75) is 22.9 Å². The molecule has 0 aromatic heterocycles. The smallest absolute Gasteiger partial charge is 0.267 e. The Hall–Kier alpha value is -4.27. The topological polar surface area (TPSA) is 56.1 Å². The number of amides is 1. The second kappa shape index (κ2) is 12.3. The Morgan fingerprint density at radius 3 is 1.86 bits per heavy atom. The molecule has 35 heavy (non-hydrogen) atoms. The quantitative estimate of drug-likeness (QED) is 0.212. The number of rotatable bonds is 9. The molecule has 0 unspecified atom stereocenters. The van der Waals surface area contributed by atoms with E-state index in [2.05, 4.69) is 11.4 Å². The molecule has 0 aliphatic heterocycles. The minimum Gasteiger partial charge on any atom is -0.367 e. The van der Waals surface area contributed by atoms with Gasteiger partial charge in [0.25, 0.3) is 5.91 Å². The fourth-order valence-electron chi connectivity index (χ4n) is 3.57. The molecule has 1 N–H and O–H groups in total. The van der Waals surface area contributed by atoms with Crippen molar-refractivity contribution in [3.63, 3.8) is 0 Å². The Labute approximate surface area is 210 Å². The number of nitriles is 1. The lowest BCUT2D eigenvalue weighted by Crippen LogP contribution is -2.21. The molecule has 0 aliphatic carbocycles. The van der Waals surface area contributed by atoms with Crippen molar-refractivity contribution in [2.75, 3.05) is 5.32 Å². The number of nitrogens with zero attached hydrogens (tertiary/aromatic N) is 2. The predicted octanol–water partition coefficient (Wildman–Crippen LogP) is 6.89. The lowest BCUT2D eigenvalue weighted by atomic mass is 10.1. The summed E-state index contributed by atoms with van der Waals surface area (Å²) >= 11 is 1.57. The maximum Gasteiger partial charge on any atom is 0.267 e. The number of benzene rings is 4. The van der Waals surface area contributed by atoms with Crippen LogP contribution in [-0.2, 0) is 17.9 Å². The SMILES string of the molecule is N#C/C(=C/N(Cc1ccccc1)Cc1ccccc1)C(=O)Nc1ccccc1Sc1ccccc1. The van der Waals surface area contributed by atoms with Crippen LogP contribution < -0.4 is 5.32 Å². The van der Waals surface area contributed by atoms with Crippen LogP contribution in [0, 0.1) is 11.3 Å². The van der Waals surface area contributed by atoms with Crippen molar-refractivity contribution in [1.29, 1.82) is 5.26 Å². The number of hydrogen-bond acceptors (Lipinski definition) is 4. The maximum absolute atomic E-state index is 13.2. The summed E-state index contributed by atoms with van der Waals surface area (Å²) in [5.74, 6) is -0.431. The van der Waals surface area contributed by atoms with Gasteiger partial charge in [-0.15, -0.1) is 0 Å². The maximum atomic E-state index is 13.2. The van der Waals surface area contributed by atoms with E-state index in [-0.39, 0.29) is 5.57 Å². The Kier molecular flexibility index (Phi) is 8.37. The van der Waals surface area contributed by atoms with Gasteiger partial charge in [0.2, 0.25) is 0 Å². The highest BCUT2D eigenvalue weighted by Crippen LogP contribution is 2.33. The number of carbonyl (C=O) groups is 1. The Morgan fingerprint density at radius 2 is 1.29 bits per heavy atom. The van der Waals surface area contributed by atoms with E-state index in [1.54, 1.807) is 18.0 Å². The summed E-state index contributed by atoms with van der Waals surface area (Å²) in [6.07, 6.45) is 1.66. The van der Waals surface area contributed by atoms with E-state index in [0.29, 0.717) is 18.8 Å². The molecular weight excluding hydrogens is 450 g/mol. The average molecular weight is 476 g/mol. The lowest BCUT2D eigenvalue weighted by Gasteiger charge is -2.21. The van der Waals surface area contributed by atoms with Gasteiger partial charge in [0.15, 0.2) is 0 Å². The zero-order chi connectivity index (χ0) is 24.3. The van der Waals surface area contributed by atoms with Crippen LogP contribution in [0.15, 0.2) is 137 Å². The first-order valence-electron chi connectivity index (χ1n) is 11.3. The summed E-state index contributed by atoms with van der Waals surface area (Å²) in [4.78, 5) is 17.1. The van der Waals surface area contributed by atoms with Gasteiger partial charge >= 0.3 is 0 Å². The number of carbonyl (C=O) groups excluding carboxylic acids is 1. The number of para-hydroxylation sites is 1. The molecule has 4 aromatic rings. The van der Waals surface area contributed by atoms with Crippen LogP contribution in [0.25, 0.3) is 0 Å². The second-order valence-corrected chi connectivity index (χ2v) is 9.01. The first kappa shape index (κ1) is 23.9. The van der Waals surface area contributed by atoms with Crippen LogP contribution in [0.4, 0.5) is 5.69 Å². The molecule has 0 atom stereocenters. The minimum atomic E-state index is -0.431. The predicted molar refractivity (Wildman–Crippen MR) is 141 cm³/mol. The first-order chi connectivity index (χ1) is 17.2. The fourth-order valence-corrected chi connectivity index (χ4v) is 4.49. The van der Waals surface area contributed by atoms with Gasteiger partial charge in [0.1, 0.15) is 11.6 Å². The molecule has 0 saturated carbocycles. The van der Waals surface area contributed by atoms with Crippen LogP contribution in [0.2, 0.25) is 0 Å². The highest BCUT2D eigenvalue weighted by molar-refractivity contribution is 7.99. The molecule has 0 heterocycles. The molecule has 5 heteroatoms. The number of hydrogen-bond donors (Lipinski definition) is 1. The third kappa shape index (κ3) is 7.10. The molecule has 1 amide bonds. The summed E-state index contributed by atoms with van der Waals surface area (Å²) in [5, 5.41) is 12.8. The minimum absolute atomic E-state index is 0.0522. The van der Waals surface area contributed by atoms with Crippen molar-refractivity contribution in [3.8, 4) is 6.07 Å². The molecule has 4 aromatic carbocycles. The molecule has 0 saturated heterocycles. The van der Waals surface area contributed by atoms with Gasteiger partial charge in [-0.1, -0.05) is 103 Å². The monoisotopic (exact) mass is 475 g/mol. The normalized spacial score (nSPS) is 10.9. The van der Waals surface area contributed by atoms with E-state index in [9.17, 15) is 10.1 Å². The molecule has 172 valence electrons. The lowest BCUT2D eigenvalue weighted by molar-refractivity contribution is -0.112. The Morgan fingerprint density at radius 1 is 0.771 bits per heavy atom. The third-order valence-electron chi connectivity index (χ3n) is 5.24. The van der Waals surface area contributed by atoms with E-state index in [1.165, 1.54) is 0 Å². The van der Waals surface area contributed by atoms with E-state index < -0.39 is 5.91 Å². The largest absolute Gasteiger partial charge is 0.367 e.